The Hall–Kier alpha value is -2.22. The molecule has 2 heterocycles. The van der Waals surface area contributed by atoms with Gasteiger partial charge in [0.1, 0.15) is 5.82 Å². The summed E-state index contributed by atoms with van der Waals surface area (Å²) in [5, 5.41) is 3.96. The van der Waals surface area contributed by atoms with Gasteiger partial charge in [0.25, 0.3) is 11.8 Å². The number of carbonyl (C=O) groups is 2. The van der Waals surface area contributed by atoms with Gasteiger partial charge in [0.05, 0.1) is 27.7 Å². The lowest BCUT2D eigenvalue weighted by atomic mass is 10.1. The van der Waals surface area contributed by atoms with Gasteiger partial charge in [0.15, 0.2) is 0 Å². The molecular formula is C23H24Cl2N4O2S. The van der Waals surface area contributed by atoms with Crippen molar-refractivity contribution in [3.8, 4) is 0 Å². The zero-order valence-electron chi connectivity index (χ0n) is 17.7. The first-order valence-electron chi connectivity index (χ1n) is 10.5. The van der Waals surface area contributed by atoms with E-state index in [2.05, 4.69) is 15.3 Å². The SMILES string of the molecule is CSCCC(NC(=O)c1ccc(C(=O)N2CCCC2)c(Cl)c1)c1nc2ccc(Cl)cc2[nH]1. The lowest BCUT2D eigenvalue weighted by molar-refractivity contribution is 0.0792. The summed E-state index contributed by atoms with van der Waals surface area (Å²) >= 11 is 14.2. The number of amides is 2. The van der Waals surface area contributed by atoms with Crippen LogP contribution in [-0.2, 0) is 0 Å². The van der Waals surface area contributed by atoms with Gasteiger partial charge in [-0.15, -0.1) is 0 Å². The Morgan fingerprint density at radius 3 is 2.69 bits per heavy atom. The van der Waals surface area contributed by atoms with Gasteiger partial charge in [-0.05, 0) is 67.7 Å². The van der Waals surface area contributed by atoms with Gasteiger partial charge in [-0.3, -0.25) is 9.59 Å². The molecule has 0 aliphatic carbocycles. The number of thioether (sulfide) groups is 1. The summed E-state index contributed by atoms with van der Waals surface area (Å²) in [6.07, 6.45) is 4.75. The number of aromatic amines is 1. The molecule has 3 aromatic rings. The smallest absolute Gasteiger partial charge is 0.255 e. The highest BCUT2D eigenvalue weighted by atomic mass is 35.5. The molecule has 4 rings (SSSR count). The minimum atomic E-state index is -0.300. The number of hydrogen-bond acceptors (Lipinski definition) is 4. The Balaban J connectivity index is 1.53. The predicted molar refractivity (Wildman–Crippen MR) is 131 cm³/mol. The van der Waals surface area contributed by atoms with Crippen molar-refractivity contribution < 1.29 is 9.59 Å². The minimum Gasteiger partial charge on any atom is -0.342 e. The van der Waals surface area contributed by atoms with Crippen molar-refractivity contribution in [1.82, 2.24) is 20.2 Å². The number of fused-ring (bicyclic) bond motifs is 1. The second-order valence-corrected chi connectivity index (χ2v) is 9.61. The van der Waals surface area contributed by atoms with E-state index in [1.165, 1.54) is 0 Å². The zero-order chi connectivity index (χ0) is 22.7. The molecular weight excluding hydrogens is 467 g/mol. The van der Waals surface area contributed by atoms with Crippen LogP contribution in [0.1, 0.15) is 51.8 Å². The fourth-order valence-electron chi connectivity index (χ4n) is 3.84. The van der Waals surface area contributed by atoms with Crippen molar-refractivity contribution in [1.29, 1.82) is 0 Å². The molecule has 1 aliphatic rings. The van der Waals surface area contributed by atoms with Gasteiger partial charge in [-0.25, -0.2) is 4.98 Å². The Morgan fingerprint density at radius 2 is 1.97 bits per heavy atom. The first kappa shape index (κ1) is 23.0. The summed E-state index contributed by atoms with van der Waals surface area (Å²) in [6.45, 7) is 1.49. The molecule has 2 amide bonds. The first-order valence-corrected chi connectivity index (χ1v) is 12.6. The number of H-pyrrole nitrogens is 1. The number of halogens is 2. The van der Waals surface area contributed by atoms with Crippen molar-refractivity contribution in [2.45, 2.75) is 25.3 Å². The normalized spacial score (nSPS) is 14.7. The van der Waals surface area contributed by atoms with E-state index in [1.807, 2.05) is 18.4 Å². The zero-order valence-corrected chi connectivity index (χ0v) is 20.0. The minimum absolute atomic E-state index is 0.0850. The molecule has 1 aliphatic heterocycles. The van der Waals surface area contributed by atoms with E-state index in [0.29, 0.717) is 28.4 Å². The molecule has 6 nitrogen and oxygen atoms in total. The van der Waals surface area contributed by atoms with Crippen LogP contribution in [0.2, 0.25) is 10.0 Å². The summed E-state index contributed by atoms with van der Waals surface area (Å²) < 4.78 is 0. The molecule has 1 aromatic heterocycles. The average molecular weight is 491 g/mol. The highest BCUT2D eigenvalue weighted by Crippen LogP contribution is 2.25. The van der Waals surface area contributed by atoms with Crippen LogP contribution in [0.4, 0.5) is 0 Å². The van der Waals surface area contributed by atoms with E-state index in [1.54, 1.807) is 40.9 Å². The molecule has 168 valence electrons. The van der Waals surface area contributed by atoms with Gasteiger partial charge in [-0.2, -0.15) is 11.8 Å². The molecule has 9 heteroatoms. The van der Waals surface area contributed by atoms with Crippen LogP contribution in [0.25, 0.3) is 11.0 Å². The second kappa shape index (κ2) is 10.1. The van der Waals surface area contributed by atoms with Crippen molar-refractivity contribution in [2.75, 3.05) is 25.1 Å². The quantitative estimate of drug-likeness (QED) is 0.469. The van der Waals surface area contributed by atoms with Gasteiger partial charge in [-0.1, -0.05) is 23.2 Å². The molecule has 1 fully saturated rings. The summed E-state index contributed by atoms with van der Waals surface area (Å²) in [6, 6.07) is 10.00. The number of nitrogens with one attached hydrogen (secondary N) is 2. The standard InChI is InChI=1S/C23H24Cl2N4O2S/c1-32-11-8-19(21-26-18-7-5-15(24)13-20(18)27-21)28-22(30)14-4-6-16(17(25)12-14)23(31)29-9-2-3-10-29/h4-7,12-13,19H,2-3,8-11H2,1H3,(H,26,27)(H,28,30). The molecule has 2 aromatic carbocycles. The van der Waals surface area contributed by atoms with Gasteiger partial charge in [0.2, 0.25) is 0 Å². The molecule has 2 N–H and O–H groups in total. The fraction of sp³-hybridized carbons (Fsp3) is 0.348. The third-order valence-corrected chi connectivity index (χ3v) is 6.76. The molecule has 1 atom stereocenters. The predicted octanol–water partition coefficient (Wildman–Crippen LogP) is 5.33. The maximum atomic E-state index is 13.0. The maximum Gasteiger partial charge on any atom is 0.255 e. The van der Waals surface area contributed by atoms with Gasteiger partial charge >= 0.3 is 0 Å². The van der Waals surface area contributed by atoms with E-state index < -0.39 is 0 Å². The molecule has 1 saturated heterocycles. The largest absolute Gasteiger partial charge is 0.342 e. The highest BCUT2D eigenvalue weighted by Gasteiger charge is 2.23. The third kappa shape index (κ3) is 5.05. The second-order valence-electron chi connectivity index (χ2n) is 7.78. The number of likely N-dealkylation sites (tertiary alicyclic amines) is 1. The number of nitrogens with zero attached hydrogens (tertiary/aromatic N) is 2. The Kier molecular flexibility index (Phi) is 7.28. The fourth-order valence-corrected chi connectivity index (χ4v) is 4.75. The Bertz CT molecular complexity index is 1140. The molecule has 1 unspecified atom stereocenters. The van der Waals surface area contributed by atoms with Crippen molar-refractivity contribution >= 4 is 57.8 Å². The summed E-state index contributed by atoms with van der Waals surface area (Å²) in [5.74, 6) is 1.18. The van der Waals surface area contributed by atoms with E-state index in [4.69, 9.17) is 23.2 Å². The molecule has 0 spiro atoms. The molecule has 32 heavy (non-hydrogen) atoms. The number of rotatable bonds is 7. The van der Waals surface area contributed by atoms with Crippen LogP contribution >= 0.6 is 35.0 Å². The summed E-state index contributed by atoms with van der Waals surface area (Å²) in [5.41, 5.74) is 2.45. The van der Waals surface area contributed by atoms with E-state index in [9.17, 15) is 9.59 Å². The van der Waals surface area contributed by atoms with Crippen LogP contribution < -0.4 is 5.32 Å². The molecule has 0 saturated carbocycles. The summed E-state index contributed by atoms with van der Waals surface area (Å²) in [7, 11) is 0. The molecule has 0 bridgehead atoms. The number of hydrogen-bond donors (Lipinski definition) is 2. The Labute approximate surface area is 201 Å². The third-order valence-electron chi connectivity index (χ3n) is 5.56. The van der Waals surface area contributed by atoms with Crippen LogP contribution in [0.5, 0.6) is 0 Å². The Morgan fingerprint density at radius 1 is 1.19 bits per heavy atom. The van der Waals surface area contributed by atoms with E-state index >= 15 is 0 Å². The number of benzene rings is 2. The van der Waals surface area contributed by atoms with Gasteiger partial charge in [0, 0.05) is 23.7 Å². The van der Waals surface area contributed by atoms with Crippen molar-refractivity contribution in [2.24, 2.45) is 0 Å². The topological polar surface area (TPSA) is 78.1 Å². The highest BCUT2D eigenvalue weighted by molar-refractivity contribution is 7.98. The van der Waals surface area contributed by atoms with Crippen LogP contribution in [-0.4, -0.2) is 51.8 Å². The average Bonchev–Trinajstić information content (AvgIpc) is 3.45. The summed E-state index contributed by atoms with van der Waals surface area (Å²) in [4.78, 5) is 35.4. The van der Waals surface area contributed by atoms with Crippen LogP contribution in [0, 0.1) is 0 Å². The number of aromatic nitrogens is 2. The number of imidazole rings is 1. The van der Waals surface area contributed by atoms with Crippen LogP contribution in [0.15, 0.2) is 36.4 Å². The number of carbonyl (C=O) groups excluding carboxylic acids is 2. The van der Waals surface area contributed by atoms with Crippen LogP contribution in [0.3, 0.4) is 0 Å². The molecule has 0 radical (unpaired) electrons. The van der Waals surface area contributed by atoms with Crippen molar-refractivity contribution in [3.05, 3.63) is 63.4 Å². The lowest BCUT2D eigenvalue weighted by Crippen LogP contribution is -2.30. The maximum absolute atomic E-state index is 13.0. The van der Waals surface area contributed by atoms with E-state index in [-0.39, 0.29) is 22.9 Å². The van der Waals surface area contributed by atoms with Crippen molar-refractivity contribution in [3.63, 3.8) is 0 Å². The first-order chi connectivity index (χ1) is 15.5. The van der Waals surface area contributed by atoms with Gasteiger partial charge < -0.3 is 15.2 Å². The van der Waals surface area contributed by atoms with E-state index in [0.717, 1.165) is 42.7 Å². The monoisotopic (exact) mass is 490 g/mol. The lowest BCUT2D eigenvalue weighted by Gasteiger charge is -2.18.